The van der Waals surface area contributed by atoms with Crippen molar-refractivity contribution in [2.45, 2.75) is 26.2 Å². The molecule has 2 heteroatoms. The number of hydrogen-bond donors (Lipinski definition) is 1. The first-order chi connectivity index (χ1) is 6.27. The van der Waals surface area contributed by atoms with Crippen molar-refractivity contribution in [1.29, 1.82) is 0 Å². The topological polar surface area (TPSA) is 37.3 Å². The van der Waals surface area contributed by atoms with Crippen molar-refractivity contribution in [3.05, 3.63) is 29.3 Å². The maximum absolute atomic E-state index is 10.2. The number of phenolic OH excluding ortho intramolecular Hbond substituents is 1. The zero-order chi connectivity index (χ0) is 9.68. The average molecular weight is 178 g/mol. The molecule has 1 aromatic carbocycles. The first-order valence-electron chi connectivity index (χ1n) is 4.52. The highest BCUT2D eigenvalue weighted by atomic mass is 16.3. The average Bonchev–Trinajstić information content (AvgIpc) is 2.17. The number of rotatable bonds is 4. The monoisotopic (exact) mass is 178 g/mol. The molecule has 0 aliphatic heterocycles. The summed E-state index contributed by atoms with van der Waals surface area (Å²) in [6.07, 6.45) is 2.93. The van der Waals surface area contributed by atoms with E-state index < -0.39 is 0 Å². The predicted octanol–water partition coefficient (Wildman–Crippen LogP) is 2.09. The lowest BCUT2D eigenvalue weighted by atomic mass is 10.0. The van der Waals surface area contributed by atoms with Gasteiger partial charge in [-0.15, -0.1) is 0 Å². The normalized spacial score (nSPS) is 9.92. The fourth-order valence-electron chi connectivity index (χ4n) is 1.27. The Bertz CT molecular complexity index is 292. The fraction of sp³-hybridized carbons (Fsp3) is 0.364. The number of aryl methyl sites for hydroxylation is 2. The largest absolute Gasteiger partial charge is 0.508 e. The fourth-order valence-corrected chi connectivity index (χ4v) is 1.27. The van der Waals surface area contributed by atoms with Crippen LogP contribution in [0.2, 0.25) is 0 Å². The van der Waals surface area contributed by atoms with Crippen molar-refractivity contribution in [3.8, 4) is 5.75 Å². The van der Waals surface area contributed by atoms with Crippen LogP contribution in [0.5, 0.6) is 5.75 Å². The number of aromatic hydroxyl groups is 1. The van der Waals surface area contributed by atoms with Gasteiger partial charge < -0.3 is 9.90 Å². The molecule has 1 N–H and O–H groups in total. The third-order valence-electron chi connectivity index (χ3n) is 2.08. The van der Waals surface area contributed by atoms with Gasteiger partial charge >= 0.3 is 0 Å². The lowest BCUT2D eigenvalue weighted by Gasteiger charge is -2.04. The van der Waals surface area contributed by atoms with Gasteiger partial charge in [-0.25, -0.2) is 0 Å². The molecule has 0 saturated carbocycles. The molecule has 0 atom stereocenters. The van der Waals surface area contributed by atoms with Gasteiger partial charge in [0.2, 0.25) is 0 Å². The lowest BCUT2D eigenvalue weighted by molar-refractivity contribution is -0.107. The molecule has 2 nitrogen and oxygen atoms in total. The molecular weight excluding hydrogens is 164 g/mol. The zero-order valence-corrected chi connectivity index (χ0v) is 7.79. The Morgan fingerprint density at radius 2 is 2.23 bits per heavy atom. The summed E-state index contributed by atoms with van der Waals surface area (Å²) in [7, 11) is 0. The lowest BCUT2D eigenvalue weighted by Crippen LogP contribution is -1.89. The number of carbonyl (C=O) groups excluding carboxylic acids is 1. The Morgan fingerprint density at radius 1 is 1.46 bits per heavy atom. The van der Waals surface area contributed by atoms with Crippen LogP contribution in [0, 0.1) is 0 Å². The molecule has 70 valence electrons. The number of aldehydes is 1. The van der Waals surface area contributed by atoms with Crippen molar-refractivity contribution in [3.63, 3.8) is 0 Å². The number of phenols is 1. The van der Waals surface area contributed by atoms with E-state index in [1.165, 1.54) is 5.56 Å². The third-order valence-corrected chi connectivity index (χ3v) is 2.08. The van der Waals surface area contributed by atoms with E-state index in [9.17, 15) is 9.90 Å². The first-order valence-corrected chi connectivity index (χ1v) is 4.52. The van der Waals surface area contributed by atoms with Crippen LogP contribution in [-0.4, -0.2) is 11.4 Å². The highest BCUT2D eigenvalue weighted by molar-refractivity contribution is 5.51. The summed E-state index contributed by atoms with van der Waals surface area (Å²) < 4.78 is 0. The SMILES string of the molecule is CCc1ccc(O)c(CCC=O)c1. The Balaban J connectivity index is 2.83. The number of benzene rings is 1. The van der Waals surface area contributed by atoms with Gasteiger partial charge in [-0.05, 0) is 30.0 Å². The molecule has 0 heterocycles. The summed E-state index contributed by atoms with van der Waals surface area (Å²) in [4.78, 5) is 10.2. The summed E-state index contributed by atoms with van der Waals surface area (Å²) in [5.74, 6) is 0.291. The first kappa shape index (κ1) is 9.78. The van der Waals surface area contributed by atoms with Crippen molar-refractivity contribution in [2.75, 3.05) is 0 Å². The maximum Gasteiger partial charge on any atom is 0.120 e. The molecule has 0 aliphatic rings. The van der Waals surface area contributed by atoms with E-state index in [1.54, 1.807) is 6.07 Å². The quantitative estimate of drug-likeness (QED) is 0.717. The van der Waals surface area contributed by atoms with E-state index in [4.69, 9.17) is 0 Å². The van der Waals surface area contributed by atoms with Gasteiger partial charge in [0.15, 0.2) is 0 Å². The van der Waals surface area contributed by atoms with Crippen molar-refractivity contribution >= 4 is 6.29 Å². The molecule has 13 heavy (non-hydrogen) atoms. The van der Waals surface area contributed by atoms with Gasteiger partial charge in [-0.3, -0.25) is 0 Å². The van der Waals surface area contributed by atoms with E-state index in [2.05, 4.69) is 6.92 Å². The highest BCUT2D eigenvalue weighted by Crippen LogP contribution is 2.19. The molecule has 0 spiro atoms. The zero-order valence-electron chi connectivity index (χ0n) is 7.79. The minimum atomic E-state index is 0.291. The van der Waals surface area contributed by atoms with E-state index >= 15 is 0 Å². The van der Waals surface area contributed by atoms with Crippen LogP contribution in [0.15, 0.2) is 18.2 Å². The second-order valence-electron chi connectivity index (χ2n) is 3.02. The van der Waals surface area contributed by atoms with Gasteiger partial charge in [-0.2, -0.15) is 0 Å². The minimum Gasteiger partial charge on any atom is -0.508 e. The van der Waals surface area contributed by atoms with Crippen LogP contribution in [0.1, 0.15) is 24.5 Å². The molecule has 0 bridgehead atoms. The van der Waals surface area contributed by atoms with Crippen LogP contribution < -0.4 is 0 Å². The second-order valence-corrected chi connectivity index (χ2v) is 3.02. The summed E-state index contributed by atoms with van der Waals surface area (Å²) in [6, 6.07) is 5.55. The van der Waals surface area contributed by atoms with Crippen LogP contribution in [0.3, 0.4) is 0 Å². The van der Waals surface area contributed by atoms with Gasteiger partial charge in [0.1, 0.15) is 12.0 Å². The van der Waals surface area contributed by atoms with Crippen molar-refractivity contribution in [2.24, 2.45) is 0 Å². The number of hydrogen-bond acceptors (Lipinski definition) is 2. The Labute approximate surface area is 78.2 Å². The van der Waals surface area contributed by atoms with Crippen LogP contribution in [-0.2, 0) is 17.6 Å². The van der Waals surface area contributed by atoms with E-state index in [-0.39, 0.29) is 0 Å². The summed E-state index contributed by atoms with van der Waals surface area (Å²) in [6.45, 7) is 2.07. The predicted molar refractivity (Wildman–Crippen MR) is 51.9 cm³/mol. The summed E-state index contributed by atoms with van der Waals surface area (Å²) in [5.41, 5.74) is 2.06. The molecule has 0 amide bonds. The third kappa shape index (κ3) is 2.58. The van der Waals surface area contributed by atoms with E-state index in [0.29, 0.717) is 18.6 Å². The molecule has 0 unspecified atom stereocenters. The van der Waals surface area contributed by atoms with Crippen molar-refractivity contribution < 1.29 is 9.90 Å². The van der Waals surface area contributed by atoms with Crippen molar-refractivity contribution in [1.82, 2.24) is 0 Å². The molecule has 0 aromatic heterocycles. The molecule has 1 rings (SSSR count). The van der Waals surface area contributed by atoms with Crippen LogP contribution in [0.25, 0.3) is 0 Å². The molecule has 0 aliphatic carbocycles. The van der Waals surface area contributed by atoms with Crippen LogP contribution >= 0.6 is 0 Å². The van der Waals surface area contributed by atoms with E-state index in [1.807, 2.05) is 12.1 Å². The van der Waals surface area contributed by atoms with Gasteiger partial charge in [0.05, 0.1) is 0 Å². The molecular formula is C11H14O2. The molecule has 0 fully saturated rings. The molecule has 1 aromatic rings. The minimum absolute atomic E-state index is 0.291. The Kier molecular flexibility index (Phi) is 3.50. The molecule has 0 saturated heterocycles. The Hall–Kier alpha value is -1.31. The van der Waals surface area contributed by atoms with E-state index in [0.717, 1.165) is 18.3 Å². The number of carbonyl (C=O) groups is 1. The maximum atomic E-state index is 10.2. The highest BCUT2D eigenvalue weighted by Gasteiger charge is 2.01. The Morgan fingerprint density at radius 3 is 2.85 bits per heavy atom. The summed E-state index contributed by atoms with van der Waals surface area (Å²) in [5, 5.41) is 9.44. The van der Waals surface area contributed by atoms with Gasteiger partial charge in [-0.1, -0.05) is 19.1 Å². The summed E-state index contributed by atoms with van der Waals surface area (Å²) >= 11 is 0. The molecule has 0 radical (unpaired) electrons. The van der Waals surface area contributed by atoms with Gasteiger partial charge in [0.25, 0.3) is 0 Å². The standard InChI is InChI=1S/C11H14O2/c1-2-9-5-6-11(13)10(8-9)4-3-7-12/h5-8,13H,2-4H2,1H3. The van der Waals surface area contributed by atoms with Gasteiger partial charge in [0, 0.05) is 6.42 Å². The smallest absolute Gasteiger partial charge is 0.120 e. The van der Waals surface area contributed by atoms with Crippen LogP contribution in [0.4, 0.5) is 0 Å². The second kappa shape index (κ2) is 4.65.